The molecule has 0 radical (unpaired) electrons. The SMILES string of the molecule is CCOC(=O)Cn1nnnc1C(NC(CC(=O)O)c1ccc(C)cc1)c1ccccc1. The van der Waals surface area contributed by atoms with Crippen LogP contribution in [-0.2, 0) is 20.9 Å². The summed E-state index contributed by atoms with van der Waals surface area (Å²) in [6.45, 7) is 3.81. The molecule has 162 valence electrons. The van der Waals surface area contributed by atoms with Crippen molar-refractivity contribution in [2.45, 2.75) is 38.9 Å². The Kier molecular flexibility index (Phi) is 7.45. The molecule has 0 amide bonds. The predicted molar refractivity (Wildman–Crippen MR) is 112 cm³/mol. The van der Waals surface area contributed by atoms with E-state index < -0.39 is 24.0 Å². The van der Waals surface area contributed by atoms with Crippen LogP contribution >= 0.6 is 0 Å². The Labute approximate surface area is 180 Å². The van der Waals surface area contributed by atoms with Gasteiger partial charge in [0.15, 0.2) is 5.82 Å². The van der Waals surface area contributed by atoms with Crippen LogP contribution in [0, 0.1) is 6.92 Å². The molecule has 9 heteroatoms. The molecule has 31 heavy (non-hydrogen) atoms. The minimum atomic E-state index is -0.934. The lowest BCUT2D eigenvalue weighted by molar-refractivity contribution is -0.144. The van der Waals surface area contributed by atoms with Crippen molar-refractivity contribution in [3.05, 3.63) is 77.1 Å². The number of esters is 1. The van der Waals surface area contributed by atoms with Gasteiger partial charge in [-0.1, -0.05) is 60.2 Å². The minimum Gasteiger partial charge on any atom is -0.481 e. The lowest BCUT2D eigenvalue weighted by Crippen LogP contribution is -2.32. The van der Waals surface area contributed by atoms with Crippen LogP contribution in [0.15, 0.2) is 54.6 Å². The van der Waals surface area contributed by atoms with Crippen LogP contribution in [0.4, 0.5) is 0 Å². The van der Waals surface area contributed by atoms with Crippen molar-refractivity contribution in [2.75, 3.05) is 6.61 Å². The lowest BCUT2D eigenvalue weighted by Gasteiger charge is -2.25. The van der Waals surface area contributed by atoms with Crippen molar-refractivity contribution in [1.82, 2.24) is 25.5 Å². The number of aliphatic carboxylic acids is 1. The smallest absolute Gasteiger partial charge is 0.327 e. The van der Waals surface area contributed by atoms with E-state index in [1.807, 2.05) is 61.5 Å². The highest BCUT2D eigenvalue weighted by molar-refractivity contribution is 5.69. The van der Waals surface area contributed by atoms with E-state index in [0.717, 1.165) is 16.7 Å². The zero-order valence-corrected chi connectivity index (χ0v) is 17.4. The summed E-state index contributed by atoms with van der Waals surface area (Å²) in [6, 6.07) is 16.1. The summed E-state index contributed by atoms with van der Waals surface area (Å²) in [5.41, 5.74) is 2.75. The van der Waals surface area contributed by atoms with Crippen molar-refractivity contribution in [3.63, 3.8) is 0 Å². The lowest BCUT2D eigenvalue weighted by atomic mass is 9.98. The van der Waals surface area contributed by atoms with Crippen molar-refractivity contribution < 1.29 is 19.4 Å². The molecule has 9 nitrogen and oxygen atoms in total. The van der Waals surface area contributed by atoms with E-state index in [2.05, 4.69) is 20.8 Å². The van der Waals surface area contributed by atoms with Gasteiger partial charge in [0.2, 0.25) is 0 Å². The number of nitrogens with one attached hydrogen (secondary N) is 1. The van der Waals surface area contributed by atoms with E-state index in [1.54, 1.807) is 6.92 Å². The van der Waals surface area contributed by atoms with E-state index in [4.69, 9.17) is 4.74 Å². The standard InChI is InChI=1S/C22H25N5O4/c1-3-31-20(30)14-27-22(24-25-26-27)21(17-7-5-4-6-8-17)23-18(13-19(28)29)16-11-9-15(2)10-12-16/h4-12,18,21,23H,3,13-14H2,1-2H3,(H,28,29). The van der Waals surface area contributed by atoms with Gasteiger partial charge in [0.25, 0.3) is 0 Å². The van der Waals surface area contributed by atoms with Gasteiger partial charge in [-0.15, -0.1) is 5.10 Å². The number of aromatic nitrogens is 4. The number of rotatable bonds is 10. The Morgan fingerprint density at radius 3 is 2.45 bits per heavy atom. The Bertz CT molecular complexity index is 1000. The largest absolute Gasteiger partial charge is 0.481 e. The van der Waals surface area contributed by atoms with Crippen molar-refractivity contribution in [3.8, 4) is 0 Å². The number of carbonyl (C=O) groups excluding carboxylic acids is 1. The van der Waals surface area contributed by atoms with Crippen LogP contribution in [0.5, 0.6) is 0 Å². The summed E-state index contributed by atoms with van der Waals surface area (Å²) in [7, 11) is 0. The predicted octanol–water partition coefficient (Wildman–Crippen LogP) is 2.44. The number of hydrogen-bond donors (Lipinski definition) is 2. The second-order valence-corrected chi connectivity index (χ2v) is 7.07. The summed E-state index contributed by atoms with van der Waals surface area (Å²) < 4.78 is 6.39. The molecular weight excluding hydrogens is 398 g/mol. The van der Waals surface area contributed by atoms with Crippen molar-refractivity contribution in [1.29, 1.82) is 0 Å². The average molecular weight is 423 g/mol. The average Bonchev–Trinajstić information content (AvgIpc) is 3.20. The Morgan fingerprint density at radius 1 is 1.10 bits per heavy atom. The zero-order chi connectivity index (χ0) is 22.2. The van der Waals surface area contributed by atoms with E-state index in [1.165, 1.54) is 4.68 Å². The number of carboxylic acid groups (broad SMARTS) is 1. The zero-order valence-electron chi connectivity index (χ0n) is 17.4. The molecule has 0 aliphatic heterocycles. The minimum absolute atomic E-state index is 0.133. The summed E-state index contributed by atoms with van der Waals surface area (Å²) in [5.74, 6) is -0.999. The van der Waals surface area contributed by atoms with Gasteiger partial charge in [0.05, 0.1) is 19.1 Å². The summed E-state index contributed by atoms with van der Waals surface area (Å²) in [5, 5.41) is 24.7. The molecule has 0 bridgehead atoms. The molecule has 0 aliphatic rings. The Balaban J connectivity index is 1.98. The van der Waals surface area contributed by atoms with Gasteiger partial charge in [0.1, 0.15) is 6.54 Å². The highest BCUT2D eigenvalue weighted by Gasteiger charge is 2.27. The molecule has 0 saturated carbocycles. The topological polar surface area (TPSA) is 119 Å². The monoisotopic (exact) mass is 423 g/mol. The second-order valence-electron chi connectivity index (χ2n) is 7.07. The maximum Gasteiger partial charge on any atom is 0.327 e. The number of benzene rings is 2. The van der Waals surface area contributed by atoms with E-state index >= 15 is 0 Å². The first-order chi connectivity index (χ1) is 15.0. The van der Waals surface area contributed by atoms with Gasteiger partial charge in [-0.3, -0.25) is 14.9 Å². The molecule has 1 aromatic heterocycles. The van der Waals surface area contributed by atoms with Gasteiger partial charge in [-0.05, 0) is 35.4 Å². The molecule has 2 N–H and O–H groups in total. The van der Waals surface area contributed by atoms with Crippen LogP contribution < -0.4 is 5.32 Å². The molecule has 3 rings (SSSR count). The Hall–Kier alpha value is -3.59. The van der Waals surface area contributed by atoms with Gasteiger partial charge in [-0.2, -0.15) is 0 Å². The number of ether oxygens (including phenoxy) is 1. The first-order valence-electron chi connectivity index (χ1n) is 9.99. The highest BCUT2D eigenvalue weighted by Crippen LogP contribution is 2.27. The summed E-state index contributed by atoms with van der Waals surface area (Å²) in [6.07, 6.45) is -0.133. The van der Waals surface area contributed by atoms with Crippen LogP contribution in [0.2, 0.25) is 0 Å². The van der Waals surface area contributed by atoms with E-state index in [0.29, 0.717) is 5.82 Å². The van der Waals surface area contributed by atoms with Crippen molar-refractivity contribution in [2.24, 2.45) is 0 Å². The number of carbonyl (C=O) groups is 2. The summed E-state index contributed by atoms with van der Waals surface area (Å²) in [4.78, 5) is 23.6. The fourth-order valence-corrected chi connectivity index (χ4v) is 3.27. The van der Waals surface area contributed by atoms with E-state index in [-0.39, 0.29) is 19.6 Å². The molecule has 0 spiro atoms. The maximum atomic E-state index is 12.0. The molecule has 3 aromatic rings. The number of tetrazole rings is 1. The van der Waals surface area contributed by atoms with Crippen LogP contribution in [0.1, 0.15) is 47.9 Å². The van der Waals surface area contributed by atoms with Gasteiger partial charge >= 0.3 is 11.9 Å². The number of aryl methyl sites for hydroxylation is 1. The molecule has 0 saturated heterocycles. The first kappa shape index (κ1) is 22.1. The molecule has 2 unspecified atom stereocenters. The maximum absolute atomic E-state index is 12.0. The van der Waals surface area contributed by atoms with Crippen LogP contribution in [0.3, 0.4) is 0 Å². The van der Waals surface area contributed by atoms with Gasteiger partial charge < -0.3 is 9.84 Å². The third-order valence-electron chi connectivity index (χ3n) is 4.76. The second kappa shape index (κ2) is 10.4. The fourth-order valence-electron chi connectivity index (χ4n) is 3.27. The van der Waals surface area contributed by atoms with Gasteiger partial charge in [-0.25, -0.2) is 4.68 Å². The third kappa shape index (κ3) is 5.95. The first-order valence-corrected chi connectivity index (χ1v) is 9.99. The van der Waals surface area contributed by atoms with Gasteiger partial charge in [0, 0.05) is 6.04 Å². The molecule has 0 aliphatic carbocycles. The summed E-state index contributed by atoms with van der Waals surface area (Å²) >= 11 is 0. The van der Waals surface area contributed by atoms with Crippen LogP contribution in [-0.4, -0.2) is 43.9 Å². The van der Waals surface area contributed by atoms with E-state index in [9.17, 15) is 14.7 Å². The highest BCUT2D eigenvalue weighted by atomic mass is 16.5. The third-order valence-corrected chi connectivity index (χ3v) is 4.76. The number of hydrogen-bond acceptors (Lipinski definition) is 7. The normalized spacial score (nSPS) is 12.8. The molecule has 2 aromatic carbocycles. The van der Waals surface area contributed by atoms with Crippen LogP contribution in [0.25, 0.3) is 0 Å². The molecule has 2 atom stereocenters. The van der Waals surface area contributed by atoms with Crippen molar-refractivity contribution >= 4 is 11.9 Å². The number of carboxylic acids is 1. The Morgan fingerprint density at radius 2 is 1.81 bits per heavy atom. The molecular formula is C22H25N5O4. The number of nitrogens with zero attached hydrogens (tertiary/aromatic N) is 4. The quantitative estimate of drug-likeness (QED) is 0.477. The molecule has 0 fully saturated rings. The fraction of sp³-hybridized carbons (Fsp3) is 0.318. The molecule has 1 heterocycles.